The molecule has 0 bridgehead atoms. The average Bonchev–Trinajstić information content (AvgIpc) is 2.86. The molecular formula is C11H15BrN2O4S2. The molecule has 6 nitrogen and oxygen atoms in total. The van der Waals surface area contributed by atoms with Crippen LogP contribution >= 0.6 is 27.3 Å². The first-order valence-electron chi connectivity index (χ1n) is 6.09. The van der Waals surface area contributed by atoms with E-state index in [1.165, 1.54) is 10.4 Å². The van der Waals surface area contributed by atoms with Crippen LogP contribution in [0.1, 0.15) is 6.92 Å². The van der Waals surface area contributed by atoms with Crippen LogP contribution < -0.4 is 5.32 Å². The van der Waals surface area contributed by atoms with Crippen molar-refractivity contribution in [2.45, 2.75) is 17.2 Å². The van der Waals surface area contributed by atoms with Gasteiger partial charge in [-0.25, -0.2) is 8.42 Å². The van der Waals surface area contributed by atoms with Gasteiger partial charge in [0.1, 0.15) is 10.3 Å². The third kappa shape index (κ3) is 3.22. The van der Waals surface area contributed by atoms with Crippen LogP contribution in [-0.4, -0.2) is 51.0 Å². The maximum absolute atomic E-state index is 12.6. The summed E-state index contributed by atoms with van der Waals surface area (Å²) in [6, 6.07) is 2.41. The number of thiophene rings is 1. The lowest BCUT2D eigenvalue weighted by Crippen LogP contribution is -2.55. The molecule has 0 aromatic carbocycles. The summed E-state index contributed by atoms with van der Waals surface area (Å²) in [5.74, 6) is -0.327. The van der Waals surface area contributed by atoms with Crippen LogP contribution in [0.3, 0.4) is 0 Å². The van der Waals surface area contributed by atoms with Gasteiger partial charge >= 0.3 is 0 Å². The fourth-order valence-electron chi connectivity index (χ4n) is 1.93. The Hall–Kier alpha value is -0.480. The number of nitrogens with one attached hydrogen (secondary N) is 1. The largest absolute Gasteiger partial charge is 0.378 e. The van der Waals surface area contributed by atoms with Gasteiger partial charge in [0.25, 0.3) is 10.0 Å². The number of halogens is 1. The highest BCUT2D eigenvalue weighted by Crippen LogP contribution is 2.30. The van der Waals surface area contributed by atoms with Gasteiger partial charge in [-0.1, -0.05) is 0 Å². The number of rotatable bonds is 4. The zero-order valence-electron chi connectivity index (χ0n) is 10.8. The molecule has 1 amide bonds. The first kappa shape index (κ1) is 15.9. The van der Waals surface area contributed by atoms with Crippen molar-refractivity contribution in [3.05, 3.63) is 15.9 Å². The van der Waals surface area contributed by atoms with Gasteiger partial charge in [-0.3, -0.25) is 4.79 Å². The SMILES string of the molecule is CCNC(=O)C1COCCN1S(=O)(=O)c1ccc(Br)s1. The molecule has 1 aliphatic rings. The van der Waals surface area contributed by atoms with E-state index in [-0.39, 0.29) is 23.3 Å². The summed E-state index contributed by atoms with van der Waals surface area (Å²) >= 11 is 4.38. The third-order valence-electron chi connectivity index (χ3n) is 2.84. The lowest BCUT2D eigenvalue weighted by molar-refractivity contribution is -0.129. The Morgan fingerprint density at radius 3 is 2.95 bits per heavy atom. The van der Waals surface area contributed by atoms with E-state index in [1.54, 1.807) is 13.0 Å². The molecule has 9 heteroatoms. The van der Waals surface area contributed by atoms with Crippen molar-refractivity contribution in [2.75, 3.05) is 26.3 Å². The fraction of sp³-hybridized carbons (Fsp3) is 0.545. The Labute approximate surface area is 130 Å². The number of hydrogen-bond donors (Lipinski definition) is 1. The molecule has 1 saturated heterocycles. The van der Waals surface area contributed by atoms with Crippen LogP contribution in [0.4, 0.5) is 0 Å². The van der Waals surface area contributed by atoms with Crippen LogP contribution in [-0.2, 0) is 19.6 Å². The highest BCUT2D eigenvalue weighted by Gasteiger charge is 2.38. The molecule has 1 fully saturated rings. The van der Waals surface area contributed by atoms with Crippen molar-refractivity contribution in [3.8, 4) is 0 Å². The Morgan fingerprint density at radius 1 is 1.60 bits per heavy atom. The van der Waals surface area contributed by atoms with Crippen molar-refractivity contribution in [1.29, 1.82) is 0 Å². The molecule has 112 valence electrons. The highest BCUT2D eigenvalue weighted by molar-refractivity contribution is 9.11. The van der Waals surface area contributed by atoms with Crippen LogP contribution in [0.25, 0.3) is 0 Å². The molecule has 1 aromatic rings. The maximum atomic E-state index is 12.6. The number of sulfonamides is 1. The summed E-state index contributed by atoms with van der Waals surface area (Å²) in [6.07, 6.45) is 0. The first-order valence-corrected chi connectivity index (χ1v) is 9.14. The lowest BCUT2D eigenvalue weighted by Gasteiger charge is -2.33. The quantitative estimate of drug-likeness (QED) is 0.843. The third-order valence-corrected chi connectivity index (χ3v) is 6.84. The lowest BCUT2D eigenvalue weighted by atomic mass is 10.2. The molecular weight excluding hydrogens is 368 g/mol. The monoisotopic (exact) mass is 382 g/mol. The van der Waals surface area contributed by atoms with E-state index in [9.17, 15) is 13.2 Å². The molecule has 2 rings (SSSR count). The first-order chi connectivity index (χ1) is 9.46. The van der Waals surface area contributed by atoms with Crippen molar-refractivity contribution < 1.29 is 17.9 Å². The van der Waals surface area contributed by atoms with E-state index in [1.807, 2.05) is 0 Å². The Kier molecular flexibility index (Phi) is 5.19. The van der Waals surface area contributed by atoms with Gasteiger partial charge in [0.15, 0.2) is 0 Å². The van der Waals surface area contributed by atoms with Crippen LogP contribution in [0.15, 0.2) is 20.1 Å². The standard InChI is InChI=1S/C11H15BrN2O4S2/c1-2-13-11(15)8-7-18-6-5-14(8)20(16,17)10-4-3-9(12)19-10/h3-4,8H,2,5-7H2,1H3,(H,13,15). The highest BCUT2D eigenvalue weighted by atomic mass is 79.9. The molecule has 0 saturated carbocycles. The minimum absolute atomic E-state index is 0.0810. The van der Waals surface area contributed by atoms with Crippen molar-refractivity contribution >= 4 is 43.2 Å². The number of amides is 1. The Balaban J connectivity index is 2.29. The molecule has 1 aliphatic heterocycles. The molecule has 2 heterocycles. The second kappa shape index (κ2) is 6.52. The molecule has 1 aromatic heterocycles. The zero-order chi connectivity index (χ0) is 14.8. The van der Waals surface area contributed by atoms with Gasteiger partial charge in [-0.05, 0) is 35.0 Å². The summed E-state index contributed by atoms with van der Waals surface area (Å²) in [6.45, 7) is 2.80. The predicted octanol–water partition coefficient (Wildman–Crippen LogP) is 1.04. The summed E-state index contributed by atoms with van der Waals surface area (Å²) in [5.41, 5.74) is 0. The van der Waals surface area contributed by atoms with E-state index in [4.69, 9.17) is 4.74 Å². The molecule has 20 heavy (non-hydrogen) atoms. The fourth-order valence-corrected chi connectivity index (χ4v) is 5.62. The summed E-state index contributed by atoms with van der Waals surface area (Å²) < 4.78 is 32.6. The number of ether oxygens (including phenoxy) is 1. The maximum Gasteiger partial charge on any atom is 0.253 e. The zero-order valence-corrected chi connectivity index (χ0v) is 14.1. The predicted molar refractivity (Wildman–Crippen MR) is 79.2 cm³/mol. The van der Waals surface area contributed by atoms with E-state index < -0.39 is 16.1 Å². The smallest absolute Gasteiger partial charge is 0.253 e. The van der Waals surface area contributed by atoms with Crippen LogP contribution in [0, 0.1) is 0 Å². The molecule has 0 spiro atoms. The van der Waals surface area contributed by atoms with Crippen LogP contribution in [0.5, 0.6) is 0 Å². The molecule has 0 radical (unpaired) electrons. The minimum atomic E-state index is -3.67. The van der Waals surface area contributed by atoms with Crippen molar-refractivity contribution in [2.24, 2.45) is 0 Å². The van der Waals surface area contributed by atoms with E-state index >= 15 is 0 Å². The number of nitrogens with zero attached hydrogens (tertiary/aromatic N) is 1. The molecule has 1 unspecified atom stereocenters. The number of carbonyl (C=O) groups is 1. The molecule has 0 aliphatic carbocycles. The molecule has 1 atom stereocenters. The normalized spacial score (nSPS) is 20.8. The van der Waals surface area contributed by atoms with Crippen LogP contribution in [0.2, 0.25) is 0 Å². The van der Waals surface area contributed by atoms with Gasteiger partial charge in [-0.2, -0.15) is 4.31 Å². The van der Waals surface area contributed by atoms with E-state index in [0.29, 0.717) is 13.2 Å². The van der Waals surface area contributed by atoms with Gasteiger partial charge in [0.2, 0.25) is 5.91 Å². The second-order valence-electron chi connectivity index (χ2n) is 4.16. The van der Waals surface area contributed by atoms with E-state index in [2.05, 4.69) is 21.2 Å². The second-order valence-corrected chi connectivity index (χ2v) is 8.74. The number of morpholine rings is 1. The average molecular weight is 383 g/mol. The minimum Gasteiger partial charge on any atom is -0.378 e. The van der Waals surface area contributed by atoms with Gasteiger partial charge < -0.3 is 10.1 Å². The summed E-state index contributed by atoms with van der Waals surface area (Å²) in [4.78, 5) is 12.0. The summed E-state index contributed by atoms with van der Waals surface area (Å²) in [5, 5.41) is 2.64. The Morgan fingerprint density at radius 2 is 2.35 bits per heavy atom. The van der Waals surface area contributed by atoms with Gasteiger partial charge in [0, 0.05) is 13.1 Å². The van der Waals surface area contributed by atoms with Crippen molar-refractivity contribution in [3.63, 3.8) is 0 Å². The molecule has 1 N–H and O–H groups in total. The summed E-state index contributed by atoms with van der Waals surface area (Å²) in [7, 11) is -3.67. The van der Waals surface area contributed by atoms with Gasteiger partial charge in [-0.15, -0.1) is 11.3 Å². The number of hydrogen-bond acceptors (Lipinski definition) is 5. The topological polar surface area (TPSA) is 75.7 Å². The number of carbonyl (C=O) groups excluding carboxylic acids is 1. The van der Waals surface area contributed by atoms with E-state index in [0.717, 1.165) is 15.1 Å². The van der Waals surface area contributed by atoms with Crippen molar-refractivity contribution in [1.82, 2.24) is 9.62 Å². The Bertz CT molecular complexity index is 587. The van der Waals surface area contributed by atoms with Gasteiger partial charge in [0.05, 0.1) is 17.0 Å². The number of likely N-dealkylation sites (N-methyl/N-ethyl adjacent to an activating group) is 1.